The van der Waals surface area contributed by atoms with E-state index in [-0.39, 0.29) is 0 Å². The molecule has 3 rings (SSSR count). The highest BCUT2D eigenvalue weighted by Crippen LogP contribution is 2.33. The van der Waals surface area contributed by atoms with E-state index in [0.717, 1.165) is 0 Å². The van der Waals surface area contributed by atoms with Crippen molar-refractivity contribution in [3.05, 3.63) is 46.0 Å². The molecule has 0 N–H and O–H groups in total. The van der Waals surface area contributed by atoms with E-state index in [1.165, 1.54) is 36.0 Å². The molecule has 2 aliphatic carbocycles. The zero-order valence-corrected chi connectivity index (χ0v) is 10.1. The van der Waals surface area contributed by atoms with Gasteiger partial charge in [0.15, 0.2) is 0 Å². The van der Waals surface area contributed by atoms with Crippen LogP contribution in [-0.2, 0) is 12.8 Å². The molecule has 0 radical (unpaired) electrons. The zero-order valence-electron chi connectivity index (χ0n) is 10.1. The minimum atomic E-state index is 0.700. The van der Waals surface area contributed by atoms with Crippen molar-refractivity contribution in [2.24, 2.45) is 5.92 Å². The van der Waals surface area contributed by atoms with Gasteiger partial charge in [-0.15, -0.1) is 0 Å². The van der Waals surface area contributed by atoms with E-state index in [1.54, 1.807) is 11.1 Å². The first-order chi connectivity index (χ1) is 7.74. The predicted octanol–water partition coefficient (Wildman–Crippen LogP) is 4.24. The van der Waals surface area contributed by atoms with Crippen molar-refractivity contribution >= 4 is 12.2 Å². The highest BCUT2D eigenvalue weighted by Gasteiger charge is 2.17. The average molecular weight is 210 g/mol. The van der Waals surface area contributed by atoms with Crippen LogP contribution in [0.1, 0.15) is 42.5 Å². The molecule has 0 bridgehead atoms. The Morgan fingerprint density at radius 1 is 1.19 bits per heavy atom. The predicted molar refractivity (Wildman–Crippen MR) is 70.3 cm³/mol. The Labute approximate surface area is 97.7 Å². The summed E-state index contributed by atoms with van der Waals surface area (Å²) >= 11 is 0. The fourth-order valence-electron chi connectivity index (χ4n) is 2.87. The summed E-state index contributed by atoms with van der Waals surface area (Å²) in [4.78, 5) is 0. The molecule has 0 amide bonds. The second-order valence-corrected chi connectivity index (χ2v) is 5.24. The largest absolute Gasteiger partial charge is 0.0807 e. The third-order valence-corrected chi connectivity index (χ3v) is 3.79. The molecule has 1 aromatic carbocycles. The summed E-state index contributed by atoms with van der Waals surface area (Å²) in [7, 11) is 0. The van der Waals surface area contributed by atoms with E-state index in [1.807, 2.05) is 0 Å². The first-order valence-electron chi connectivity index (χ1n) is 6.24. The number of benzene rings is 1. The minimum absolute atomic E-state index is 0.700. The second-order valence-electron chi connectivity index (χ2n) is 5.24. The molecule has 16 heavy (non-hydrogen) atoms. The number of rotatable bonds is 0. The smallest absolute Gasteiger partial charge is 0.0189 e. The van der Waals surface area contributed by atoms with E-state index < -0.39 is 0 Å². The van der Waals surface area contributed by atoms with Crippen LogP contribution in [0.15, 0.2) is 23.8 Å². The molecule has 0 saturated carbocycles. The molecule has 0 heteroatoms. The molecule has 0 nitrogen and oxygen atoms in total. The Kier molecular flexibility index (Phi) is 2.24. The maximum Gasteiger partial charge on any atom is -0.0189 e. The molecule has 0 saturated heterocycles. The first-order valence-corrected chi connectivity index (χ1v) is 6.24. The van der Waals surface area contributed by atoms with Gasteiger partial charge in [0.05, 0.1) is 0 Å². The van der Waals surface area contributed by atoms with Crippen molar-refractivity contribution in [1.29, 1.82) is 0 Å². The minimum Gasteiger partial charge on any atom is -0.0807 e. The number of hydrogen-bond acceptors (Lipinski definition) is 0. The van der Waals surface area contributed by atoms with Crippen molar-refractivity contribution < 1.29 is 0 Å². The lowest BCUT2D eigenvalue weighted by Gasteiger charge is -2.23. The molecule has 1 aromatic rings. The topological polar surface area (TPSA) is 0 Å². The molecule has 1 unspecified atom stereocenters. The lowest BCUT2D eigenvalue weighted by molar-refractivity contribution is 0.714. The number of allylic oxidation sites excluding steroid dienone is 2. The molecule has 82 valence electrons. The van der Waals surface area contributed by atoms with Gasteiger partial charge in [0, 0.05) is 0 Å². The van der Waals surface area contributed by atoms with Crippen molar-refractivity contribution in [3.8, 4) is 0 Å². The van der Waals surface area contributed by atoms with Crippen LogP contribution in [0.25, 0.3) is 12.2 Å². The summed E-state index contributed by atoms with van der Waals surface area (Å²) in [6, 6.07) is 4.63. The molecule has 1 atom stereocenters. The lowest BCUT2D eigenvalue weighted by Crippen LogP contribution is -2.09. The van der Waals surface area contributed by atoms with E-state index in [4.69, 9.17) is 0 Å². The van der Waals surface area contributed by atoms with Gasteiger partial charge in [0.2, 0.25) is 0 Å². The van der Waals surface area contributed by atoms with Gasteiger partial charge in [-0.2, -0.15) is 0 Å². The Balaban J connectivity index is 2.16. The summed E-state index contributed by atoms with van der Waals surface area (Å²) in [6.45, 7) is 4.53. The average Bonchev–Trinajstić information content (AvgIpc) is 2.28. The van der Waals surface area contributed by atoms with Crippen LogP contribution in [0, 0.1) is 5.92 Å². The fourth-order valence-corrected chi connectivity index (χ4v) is 2.87. The van der Waals surface area contributed by atoms with Gasteiger partial charge in [-0.25, -0.2) is 0 Å². The normalized spacial score (nSPS) is 22.4. The van der Waals surface area contributed by atoms with Gasteiger partial charge in [-0.3, -0.25) is 0 Å². The molecule has 0 aromatic heterocycles. The third-order valence-electron chi connectivity index (χ3n) is 3.79. The van der Waals surface area contributed by atoms with Crippen LogP contribution in [0.5, 0.6) is 0 Å². The summed E-state index contributed by atoms with van der Waals surface area (Å²) in [5, 5.41) is 0. The fraction of sp³-hybridized carbons (Fsp3) is 0.375. The summed E-state index contributed by atoms with van der Waals surface area (Å²) in [5.74, 6) is 0.700. The van der Waals surface area contributed by atoms with Crippen LogP contribution in [0.2, 0.25) is 0 Å². The van der Waals surface area contributed by atoms with E-state index in [9.17, 15) is 0 Å². The van der Waals surface area contributed by atoms with Crippen molar-refractivity contribution in [2.75, 3.05) is 0 Å². The van der Waals surface area contributed by atoms with Gasteiger partial charge in [0.25, 0.3) is 0 Å². The quantitative estimate of drug-likeness (QED) is 0.600. The monoisotopic (exact) mass is 210 g/mol. The van der Waals surface area contributed by atoms with Crippen LogP contribution in [0.4, 0.5) is 0 Å². The van der Waals surface area contributed by atoms with Gasteiger partial charge in [0.1, 0.15) is 0 Å². The third kappa shape index (κ3) is 1.53. The van der Waals surface area contributed by atoms with E-state index in [0.29, 0.717) is 5.92 Å². The molecular weight excluding hydrogens is 192 g/mol. The van der Waals surface area contributed by atoms with Gasteiger partial charge in [-0.1, -0.05) is 42.9 Å². The van der Waals surface area contributed by atoms with Crippen LogP contribution < -0.4 is 0 Å². The van der Waals surface area contributed by atoms with Crippen LogP contribution >= 0.6 is 0 Å². The van der Waals surface area contributed by atoms with Crippen LogP contribution in [-0.4, -0.2) is 0 Å². The summed E-state index contributed by atoms with van der Waals surface area (Å²) < 4.78 is 0. The molecule has 0 heterocycles. The molecule has 0 fully saturated rings. The maximum absolute atomic E-state index is 2.35. The molecule has 2 aliphatic rings. The standard InChI is InChI=1S/C16H18/c1-11-3-7-15-13(9-11)5-6-14-10-12(2)4-8-16(14)15/h3,5-7,10-11H,4,8-9H2,1-2H3. The van der Waals surface area contributed by atoms with Crippen LogP contribution in [0.3, 0.4) is 0 Å². The highest BCUT2D eigenvalue weighted by atomic mass is 14.2. The van der Waals surface area contributed by atoms with Crippen molar-refractivity contribution in [1.82, 2.24) is 0 Å². The number of fused-ring (bicyclic) bond motifs is 3. The highest BCUT2D eigenvalue weighted by molar-refractivity contribution is 5.70. The zero-order chi connectivity index (χ0) is 11.1. The van der Waals surface area contributed by atoms with E-state index >= 15 is 0 Å². The molecule has 0 aliphatic heterocycles. The molecular formula is C16H18. The summed E-state index contributed by atoms with van der Waals surface area (Å²) in [6.07, 6.45) is 10.7. The second kappa shape index (κ2) is 3.62. The first kappa shape index (κ1) is 9.89. The van der Waals surface area contributed by atoms with Gasteiger partial charge < -0.3 is 0 Å². The Bertz CT molecular complexity index is 489. The van der Waals surface area contributed by atoms with Gasteiger partial charge in [-0.05, 0) is 54.4 Å². The lowest BCUT2D eigenvalue weighted by atomic mass is 9.82. The number of hydrogen-bond donors (Lipinski definition) is 0. The van der Waals surface area contributed by atoms with Crippen molar-refractivity contribution in [2.45, 2.75) is 33.1 Å². The van der Waals surface area contributed by atoms with Gasteiger partial charge >= 0.3 is 0 Å². The Morgan fingerprint density at radius 2 is 2.06 bits per heavy atom. The van der Waals surface area contributed by atoms with Crippen molar-refractivity contribution in [3.63, 3.8) is 0 Å². The van der Waals surface area contributed by atoms with E-state index in [2.05, 4.69) is 44.2 Å². The molecule has 0 spiro atoms. The summed E-state index contributed by atoms with van der Waals surface area (Å²) in [5.41, 5.74) is 7.59. The Hall–Kier alpha value is -1.30. The SMILES string of the molecule is CC1=Cc2ccc3c(c2CC1)C=CC(C)C3. The maximum atomic E-state index is 2.35. The Morgan fingerprint density at radius 3 is 2.94 bits per heavy atom.